The Morgan fingerprint density at radius 1 is 1.26 bits per heavy atom. The van der Waals surface area contributed by atoms with Crippen molar-refractivity contribution < 1.29 is 18.8 Å². The first-order valence-corrected chi connectivity index (χ1v) is 17.7. The third kappa shape index (κ3) is 6.96. The van der Waals surface area contributed by atoms with Gasteiger partial charge in [0.2, 0.25) is 11.8 Å². The maximum atomic E-state index is 13.5. The van der Waals surface area contributed by atoms with E-state index in [1.807, 2.05) is 30.2 Å². The highest BCUT2D eigenvalue weighted by atomic mass is 32.2. The van der Waals surface area contributed by atoms with E-state index in [1.54, 1.807) is 11.8 Å². The summed E-state index contributed by atoms with van der Waals surface area (Å²) >= 11 is 2.79. The summed E-state index contributed by atoms with van der Waals surface area (Å²) in [4.78, 5) is 41.2. The number of carbonyl (C=O) groups excluding carboxylic acids is 3. The minimum Gasteiger partial charge on any atom is -0.413 e. The molecule has 1 saturated heterocycles. The second-order valence-electron chi connectivity index (χ2n) is 11.5. The standard InChI is InChI=1S/C26H46N2O4S2Si/c1-10-14-28(15-11-2)24(31)26(13-12-16-34-26)17-33-23(30)18(3)21-20(22(29)27-21)19(4)32-35(8,9)25(5,6)7/h12,16,18-21H,10-11,13-15,17H2,1-9H3,(H,27,29)/t18?,19?,20-,21-,26-/m1/s1. The van der Waals surface area contributed by atoms with Crippen LogP contribution in [0.4, 0.5) is 0 Å². The average Bonchev–Trinajstić information content (AvgIpc) is 3.23. The molecular formula is C26H46N2O4S2Si. The van der Waals surface area contributed by atoms with E-state index in [0.29, 0.717) is 12.2 Å². The first kappa shape index (κ1) is 30.5. The predicted octanol–water partition coefficient (Wildman–Crippen LogP) is 5.45. The highest BCUT2D eigenvalue weighted by Crippen LogP contribution is 2.43. The lowest BCUT2D eigenvalue weighted by atomic mass is 9.79. The van der Waals surface area contributed by atoms with Crippen LogP contribution in [-0.4, -0.2) is 65.9 Å². The first-order valence-electron chi connectivity index (χ1n) is 13.0. The van der Waals surface area contributed by atoms with E-state index in [4.69, 9.17) is 4.43 Å². The van der Waals surface area contributed by atoms with Crippen molar-refractivity contribution in [2.45, 2.75) is 103 Å². The van der Waals surface area contributed by atoms with Crippen molar-refractivity contribution >= 4 is 48.8 Å². The molecule has 1 N–H and O–H groups in total. The third-order valence-corrected chi connectivity index (χ3v) is 15.0. The van der Waals surface area contributed by atoms with Crippen LogP contribution >= 0.6 is 23.5 Å². The summed E-state index contributed by atoms with van der Waals surface area (Å²) in [5.41, 5.74) is 0. The maximum absolute atomic E-state index is 13.5. The van der Waals surface area contributed by atoms with E-state index in [2.05, 4.69) is 53.0 Å². The number of hydrogen-bond acceptors (Lipinski definition) is 6. The molecule has 0 aliphatic carbocycles. The van der Waals surface area contributed by atoms with Crippen molar-refractivity contribution in [2.75, 3.05) is 18.8 Å². The Kier molecular flexibility index (Phi) is 10.6. The molecular weight excluding hydrogens is 497 g/mol. The lowest BCUT2D eigenvalue weighted by Crippen LogP contribution is -2.66. The van der Waals surface area contributed by atoms with Gasteiger partial charge in [-0.15, -0.1) is 11.8 Å². The number of β-lactam (4-membered cyclic amide) rings is 1. The smallest absolute Gasteiger partial charge is 0.240 e. The van der Waals surface area contributed by atoms with Gasteiger partial charge in [0.05, 0.1) is 18.1 Å². The SMILES string of the molecule is CCCN(CCC)C(=O)[C@]1(CSC(=O)C(C)[C@H]2NC(=O)[C@@H]2C(C)O[Si](C)(C)C(C)(C)C)CC=CS1. The number of allylic oxidation sites excluding steroid dienone is 1. The second-order valence-corrected chi connectivity index (χ2v) is 18.5. The zero-order valence-electron chi connectivity index (χ0n) is 23.1. The van der Waals surface area contributed by atoms with E-state index in [9.17, 15) is 14.4 Å². The number of nitrogens with zero attached hydrogens (tertiary/aromatic N) is 1. The molecule has 5 atom stereocenters. The summed E-state index contributed by atoms with van der Waals surface area (Å²) in [5, 5.41) is 5.02. The van der Waals surface area contributed by atoms with Gasteiger partial charge in [0.15, 0.2) is 13.4 Å². The molecule has 1 fully saturated rings. The third-order valence-electron chi connectivity index (χ3n) is 7.65. The molecule has 9 heteroatoms. The molecule has 2 aliphatic heterocycles. The highest BCUT2D eigenvalue weighted by Gasteiger charge is 2.51. The molecule has 0 aromatic carbocycles. The van der Waals surface area contributed by atoms with Gasteiger partial charge in [-0.05, 0) is 49.7 Å². The van der Waals surface area contributed by atoms with Gasteiger partial charge in [-0.3, -0.25) is 14.4 Å². The Bertz CT molecular complexity index is 798. The van der Waals surface area contributed by atoms with Gasteiger partial charge in [-0.1, -0.05) is 59.4 Å². The molecule has 2 amide bonds. The van der Waals surface area contributed by atoms with Gasteiger partial charge in [-0.2, -0.15) is 0 Å². The van der Waals surface area contributed by atoms with Crippen molar-refractivity contribution in [3.05, 3.63) is 11.5 Å². The lowest BCUT2D eigenvalue weighted by molar-refractivity contribution is -0.143. The van der Waals surface area contributed by atoms with E-state index >= 15 is 0 Å². The van der Waals surface area contributed by atoms with E-state index in [-0.39, 0.29) is 45.9 Å². The predicted molar refractivity (Wildman–Crippen MR) is 151 cm³/mol. The normalized spacial score (nSPS) is 26.1. The van der Waals surface area contributed by atoms with Crippen LogP contribution in [0.2, 0.25) is 18.1 Å². The topological polar surface area (TPSA) is 75.7 Å². The van der Waals surface area contributed by atoms with E-state index < -0.39 is 13.1 Å². The quantitative estimate of drug-likeness (QED) is 0.261. The average molecular weight is 543 g/mol. The molecule has 0 saturated carbocycles. The van der Waals surface area contributed by atoms with Crippen molar-refractivity contribution in [3.63, 3.8) is 0 Å². The minimum absolute atomic E-state index is 0.0248. The molecule has 0 spiro atoms. The summed E-state index contributed by atoms with van der Waals surface area (Å²) < 4.78 is 5.88. The molecule has 0 bridgehead atoms. The van der Waals surface area contributed by atoms with Crippen molar-refractivity contribution in [1.29, 1.82) is 0 Å². The van der Waals surface area contributed by atoms with E-state index in [1.165, 1.54) is 11.8 Å². The number of nitrogens with one attached hydrogen (secondary N) is 1. The maximum Gasteiger partial charge on any atom is 0.240 e. The number of hydrogen-bond donors (Lipinski definition) is 1. The second kappa shape index (κ2) is 12.2. The van der Waals surface area contributed by atoms with Crippen molar-refractivity contribution in [2.24, 2.45) is 11.8 Å². The molecule has 2 rings (SSSR count). The Morgan fingerprint density at radius 2 is 1.86 bits per heavy atom. The molecule has 200 valence electrons. The monoisotopic (exact) mass is 542 g/mol. The summed E-state index contributed by atoms with van der Waals surface area (Å²) in [7, 11) is -2.04. The largest absolute Gasteiger partial charge is 0.413 e. The molecule has 2 aliphatic rings. The highest BCUT2D eigenvalue weighted by molar-refractivity contribution is 8.15. The van der Waals surface area contributed by atoms with Gasteiger partial charge >= 0.3 is 0 Å². The summed E-state index contributed by atoms with van der Waals surface area (Å²) in [6.45, 7) is 20.4. The van der Waals surface area contributed by atoms with Crippen LogP contribution in [0.15, 0.2) is 11.5 Å². The van der Waals surface area contributed by atoms with Crippen LogP contribution in [0.3, 0.4) is 0 Å². The van der Waals surface area contributed by atoms with Crippen LogP contribution < -0.4 is 5.32 Å². The molecule has 2 heterocycles. The fraction of sp³-hybridized carbons (Fsp3) is 0.808. The molecule has 0 aromatic rings. The number of amides is 2. The molecule has 0 aromatic heterocycles. The number of thioether (sulfide) groups is 2. The van der Waals surface area contributed by atoms with Crippen LogP contribution in [-0.2, 0) is 18.8 Å². The number of rotatable bonds is 12. The van der Waals surface area contributed by atoms with Crippen molar-refractivity contribution in [3.8, 4) is 0 Å². The lowest BCUT2D eigenvalue weighted by Gasteiger charge is -2.46. The van der Waals surface area contributed by atoms with Crippen molar-refractivity contribution in [1.82, 2.24) is 10.2 Å². The summed E-state index contributed by atoms with van der Waals surface area (Å²) in [6.07, 6.45) is 4.28. The van der Waals surface area contributed by atoms with Gasteiger partial charge in [-0.25, -0.2) is 0 Å². The molecule has 0 radical (unpaired) electrons. The van der Waals surface area contributed by atoms with Crippen LogP contribution in [0.5, 0.6) is 0 Å². The van der Waals surface area contributed by atoms with Crippen LogP contribution in [0, 0.1) is 11.8 Å². The van der Waals surface area contributed by atoms with Gasteiger partial charge in [0.1, 0.15) is 4.75 Å². The van der Waals surface area contributed by atoms with Gasteiger partial charge in [0, 0.05) is 24.8 Å². The fourth-order valence-electron chi connectivity index (χ4n) is 4.44. The van der Waals surface area contributed by atoms with Gasteiger partial charge < -0.3 is 14.6 Å². The fourth-order valence-corrected chi connectivity index (χ4v) is 8.22. The van der Waals surface area contributed by atoms with E-state index in [0.717, 1.165) is 25.9 Å². The Hall–Kier alpha value is -0.773. The summed E-state index contributed by atoms with van der Waals surface area (Å²) in [5.74, 6) is -0.135. The van der Waals surface area contributed by atoms with Crippen LogP contribution in [0.1, 0.15) is 67.7 Å². The molecule has 2 unspecified atom stereocenters. The zero-order chi connectivity index (χ0) is 26.6. The summed E-state index contributed by atoms with van der Waals surface area (Å²) in [6, 6.07) is -0.236. The first-order chi connectivity index (χ1) is 16.2. The Labute approximate surface area is 222 Å². The Morgan fingerprint density at radius 3 is 2.31 bits per heavy atom. The number of carbonyl (C=O) groups is 3. The minimum atomic E-state index is -2.04. The van der Waals surface area contributed by atoms with Gasteiger partial charge in [0.25, 0.3) is 0 Å². The molecule has 35 heavy (non-hydrogen) atoms. The Balaban J connectivity index is 2.05. The zero-order valence-corrected chi connectivity index (χ0v) is 25.7. The van der Waals surface area contributed by atoms with Crippen LogP contribution in [0.25, 0.3) is 0 Å². The molecule has 6 nitrogen and oxygen atoms in total.